The van der Waals surface area contributed by atoms with Crippen LogP contribution in [-0.4, -0.2) is 20.6 Å². The summed E-state index contributed by atoms with van der Waals surface area (Å²) in [5, 5.41) is 10.2. The van der Waals surface area contributed by atoms with E-state index in [1.165, 1.54) is 12.3 Å². The maximum Gasteiger partial charge on any atom is 0.141 e. The number of aliphatic hydroxyl groups is 1. The molecule has 1 aliphatic rings. The molecule has 1 aromatic rings. The van der Waals surface area contributed by atoms with Gasteiger partial charge in [0, 0.05) is 16.5 Å². The van der Waals surface area contributed by atoms with Gasteiger partial charge in [-0.05, 0) is 31.6 Å². The predicted molar refractivity (Wildman–Crippen MR) is 59.3 cm³/mol. The summed E-state index contributed by atoms with van der Waals surface area (Å²) in [4.78, 5) is 3.76. The molecule has 0 radical (unpaired) electrons. The van der Waals surface area contributed by atoms with Gasteiger partial charge >= 0.3 is 0 Å². The third-order valence-corrected chi connectivity index (χ3v) is 4.45. The van der Waals surface area contributed by atoms with Crippen LogP contribution < -0.4 is 0 Å². The molecule has 0 bridgehead atoms. The minimum Gasteiger partial charge on any atom is -0.387 e. The van der Waals surface area contributed by atoms with E-state index in [0.29, 0.717) is 5.56 Å². The molecule has 0 amide bonds. The van der Waals surface area contributed by atoms with Crippen LogP contribution in [0.4, 0.5) is 4.39 Å². The van der Waals surface area contributed by atoms with Crippen molar-refractivity contribution in [2.24, 2.45) is 0 Å². The van der Waals surface area contributed by atoms with Gasteiger partial charge in [0.2, 0.25) is 0 Å². The third-order valence-electron chi connectivity index (χ3n) is 2.87. The van der Waals surface area contributed by atoms with E-state index in [1.54, 1.807) is 11.8 Å². The van der Waals surface area contributed by atoms with E-state index in [1.807, 2.05) is 6.92 Å². The molecule has 1 aromatic heterocycles. The first-order valence-corrected chi connectivity index (χ1v) is 6.03. The molecule has 0 aromatic carbocycles. The van der Waals surface area contributed by atoms with Gasteiger partial charge in [-0.25, -0.2) is 4.39 Å². The maximum absolute atomic E-state index is 13.0. The van der Waals surface area contributed by atoms with E-state index >= 15 is 0 Å². The van der Waals surface area contributed by atoms with E-state index in [0.717, 1.165) is 24.8 Å². The number of hydrogen-bond acceptors (Lipinski definition) is 3. The summed E-state index contributed by atoms with van der Waals surface area (Å²) in [6.45, 7) is 2.03. The van der Waals surface area contributed by atoms with Gasteiger partial charge in [-0.2, -0.15) is 11.8 Å². The van der Waals surface area contributed by atoms with Crippen LogP contribution in [0.5, 0.6) is 0 Å². The Labute approximate surface area is 92.9 Å². The SMILES string of the molecule is CC1(C(O)c2cncc(F)c2)CCCS1. The van der Waals surface area contributed by atoms with Gasteiger partial charge in [-0.1, -0.05) is 0 Å². The maximum atomic E-state index is 13.0. The Morgan fingerprint density at radius 3 is 3.00 bits per heavy atom. The Bertz CT molecular complexity index is 352. The average molecular weight is 227 g/mol. The summed E-state index contributed by atoms with van der Waals surface area (Å²) >= 11 is 1.75. The molecule has 2 unspecified atom stereocenters. The van der Waals surface area contributed by atoms with Gasteiger partial charge in [-0.3, -0.25) is 4.98 Å². The molecule has 2 nitrogen and oxygen atoms in total. The molecule has 1 aliphatic heterocycles. The van der Waals surface area contributed by atoms with Crippen molar-refractivity contribution in [3.05, 3.63) is 29.8 Å². The highest BCUT2D eigenvalue weighted by molar-refractivity contribution is 8.00. The lowest BCUT2D eigenvalue weighted by atomic mass is 9.94. The van der Waals surface area contributed by atoms with Crippen molar-refractivity contribution in [2.75, 3.05) is 5.75 Å². The quantitative estimate of drug-likeness (QED) is 0.842. The molecule has 1 saturated heterocycles. The summed E-state index contributed by atoms with van der Waals surface area (Å²) in [6.07, 6.45) is 4.14. The monoisotopic (exact) mass is 227 g/mol. The molecular formula is C11H14FNOS. The topological polar surface area (TPSA) is 33.1 Å². The molecule has 2 rings (SSSR count). The predicted octanol–water partition coefficient (Wildman–Crippen LogP) is 2.54. The van der Waals surface area contributed by atoms with Gasteiger partial charge in [0.05, 0.1) is 12.3 Å². The average Bonchev–Trinajstić information content (AvgIpc) is 2.65. The molecule has 1 fully saturated rings. The second-order valence-electron chi connectivity index (χ2n) is 4.10. The fourth-order valence-corrected chi connectivity index (χ4v) is 3.28. The number of hydrogen-bond donors (Lipinski definition) is 1. The molecular weight excluding hydrogens is 213 g/mol. The fraction of sp³-hybridized carbons (Fsp3) is 0.545. The minimum absolute atomic E-state index is 0.185. The molecule has 1 N–H and O–H groups in total. The highest BCUT2D eigenvalue weighted by Gasteiger charge is 2.37. The molecule has 2 atom stereocenters. The van der Waals surface area contributed by atoms with E-state index in [9.17, 15) is 9.50 Å². The molecule has 4 heteroatoms. The van der Waals surface area contributed by atoms with Crippen LogP contribution in [0.15, 0.2) is 18.5 Å². The Morgan fingerprint density at radius 2 is 2.40 bits per heavy atom. The molecule has 0 spiro atoms. The molecule has 2 heterocycles. The second-order valence-corrected chi connectivity index (χ2v) is 5.73. The van der Waals surface area contributed by atoms with Gasteiger partial charge in [0.15, 0.2) is 0 Å². The Balaban J connectivity index is 2.23. The number of thioether (sulfide) groups is 1. The van der Waals surface area contributed by atoms with Gasteiger partial charge < -0.3 is 5.11 Å². The van der Waals surface area contributed by atoms with Crippen molar-refractivity contribution >= 4 is 11.8 Å². The van der Waals surface area contributed by atoms with E-state index in [4.69, 9.17) is 0 Å². The molecule has 82 valence electrons. The lowest BCUT2D eigenvalue weighted by Gasteiger charge is -2.29. The summed E-state index contributed by atoms with van der Waals surface area (Å²) in [5.41, 5.74) is 0.576. The second kappa shape index (κ2) is 4.10. The fourth-order valence-electron chi connectivity index (χ4n) is 1.95. The van der Waals surface area contributed by atoms with Crippen molar-refractivity contribution < 1.29 is 9.50 Å². The van der Waals surface area contributed by atoms with Gasteiger partial charge in [-0.15, -0.1) is 0 Å². The molecule has 15 heavy (non-hydrogen) atoms. The Kier molecular flexibility index (Phi) is 2.98. The van der Waals surface area contributed by atoms with Crippen LogP contribution in [0.1, 0.15) is 31.4 Å². The molecule has 0 aliphatic carbocycles. The zero-order chi connectivity index (χ0) is 10.9. The van der Waals surface area contributed by atoms with E-state index in [2.05, 4.69) is 4.98 Å². The number of halogens is 1. The minimum atomic E-state index is -0.631. The normalized spacial score (nSPS) is 27.9. The lowest BCUT2D eigenvalue weighted by molar-refractivity contribution is 0.134. The van der Waals surface area contributed by atoms with Gasteiger partial charge in [0.1, 0.15) is 5.82 Å². The smallest absolute Gasteiger partial charge is 0.141 e. The van der Waals surface area contributed by atoms with Crippen molar-refractivity contribution in [3.63, 3.8) is 0 Å². The zero-order valence-electron chi connectivity index (χ0n) is 8.61. The first-order chi connectivity index (χ1) is 7.12. The van der Waals surface area contributed by atoms with Crippen LogP contribution in [0.3, 0.4) is 0 Å². The lowest BCUT2D eigenvalue weighted by Crippen LogP contribution is -2.26. The van der Waals surface area contributed by atoms with Crippen LogP contribution in [0, 0.1) is 5.82 Å². The molecule has 0 saturated carbocycles. The van der Waals surface area contributed by atoms with Crippen molar-refractivity contribution in [1.29, 1.82) is 0 Å². The first kappa shape index (κ1) is 10.9. The third kappa shape index (κ3) is 2.16. The summed E-state index contributed by atoms with van der Waals surface area (Å²) < 4.78 is 12.8. The van der Waals surface area contributed by atoms with E-state index < -0.39 is 11.9 Å². The highest BCUT2D eigenvalue weighted by atomic mass is 32.2. The Hall–Kier alpha value is -0.610. The Morgan fingerprint density at radius 1 is 1.60 bits per heavy atom. The number of aliphatic hydroxyl groups excluding tert-OH is 1. The van der Waals surface area contributed by atoms with Gasteiger partial charge in [0.25, 0.3) is 0 Å². The first-order valence-electron chi connectivity index (χ1n) is 5.04. The zero-order valence-corrected chi connectivity index (χ0v) is 9.43. The largest absolute Gasteiger partial charge is 0.387 e. The summed E-state index contributed by atoms with van der Waals surface area (Å²) in [7, 11) is 0. The summed E-state index contributed by atoms with van der Waals surface area (Å²) in [5.74, 6) is 0.675. The number of nitrogens with zero attached hydrogens (tertiary/aromatic N) is 1. The van der Waals surface area contributed by atoms with Crippen molar-refractivity contribution in [1.82, 2.24) is 4.98 Å². The number of pyridine rings is 1. The van der Waals surface area contributed by atoms with Crippen LogP contribution in [-0.2, 0) is 0 Å². The highest BCUT2D eigenvalue weighted by Crippen LogP contribution is 2.46. The standard InChI is InChI=1S/C11H14FNOS/c1-11(3-2-4-15-11)10(14)8-5-9(12)7-13-6-8/h5-7,10,14H,2-4H2,1H3. The van der Waals surface area contributed by atoms with Crippen molar-refractivity contribution in [3.8, 4) is 0 Å². The van der Waals surface area contributed by atoms with E-state index in [-0.39, 0.29) is 4.75 Å². The summed E-state index contributed by atoms with van der Waals surface area (Å²) in [6, 6.07) is 1.36. The van der Waals surface area contributed by atoms with Crippen LogP contribution >= 0.6 is 11.8 Å². The van der Waals surface area contributed by atoms with Crippen LogP contribution in [0.25, 0.3) is 0 Å². The van der Waals surface area contributed by atoms with Crippen molar-refractivity contribution in [2.45, 2.75) is 30.6 Å². The van der Waals surface area contributed by atoms with Crippen LogP contribution in [0.2, 0.25) is 0 Å². The number of aromatic nitrogens is 1. The number of rotatable bonds is 2.